The smallest absolute Gasteiger partial charge is 0 e. The average molecular weight is 177 g/mol. The van der Waals surface area contributed by atoms with E-state index in [1.807, 2.05) is 6.26 Å². The van der Waals surface area contributed by atoms with Crippen LogP contribution in [-0.2, 0) is 32.7 Å². The van der Waals surface area contributed by atoms with E-state index >= 15 is 0 Å². The fourth-order valence-corrected chi connectivity index (χ4v) is 0. The number of hydrogen-bond donors (Lipinski definition) is 0. The molecule has 1 nitrogen and oxygen atoms in total. The Bertz CT molecular complexity index is 46.1. The van der Waals surface area contributed by atoms with Gasteiger partial charge < -0.3 is 5.41 Å². The Kier molecular flexibility index (Phi) is 10.4. The van der Waals surface area contributed by atoms with E-state index in [-0.39, 0.29) is 32.7 Å². The Labute approximate surface area is 67.7 Å². The summed E-state index contributed by atoms with van der Waals surface area (Å²) in [5.41, 5.74) is 0. The molecule has 0 saturated carbocycles. The summed E-state index contributed by atoms with van der Waals surface area (Å²) >= 11 is 1.35. The van der Waals surface area contributed by atoms with Gasteiger partial charge in [-0.05, 0) is 6.26 Å². The Morgan fingerprint density at radius 1 is 1.67 bits per heavy atom. The molecule has 0 bridgehead atoms. The van der Waals surface area contributed by atoms with Gasteiger partial charge in [-0.15, -0.1) is 5.04 Å². The molecule has 0 aliphatic carbocycles. The van der Waals surface area contributed by atoms with E-state index in [4.69, 9.17) is 5.41 Å². The minimum Gasteiger partial charge on any atom is -0.802 e. The minimum atomic E-state index is 0. The summed E-state index contributed by atoms with van der Waals surface area (Å²) < 4.78 is 0. The van der Waals surface area contributed by atoms with E-state index < -0.39 is 0 Å². The van der Waals surface area contributed by atoms with Gasteiger partial charge in [-0.3, -0.25) is 0 Å². The van der Waals surface area contributed by atoms with E-state index in [1.54, 1.807) is 6.92 Å². The Morgan fingerprint density at radius 3 is 1.83 bits per heavy atom. The van der Waals surface area contributed by atoms with Crippen LogP contribution in [-0.4, -0.2) is 11.3 Å². The first-order valence-corrected chi connectivity index (χ1v) is 2.56. The minimum absolute atomic E-state index is 0. The van der Waals surface area contributed by atoms with Crippen LogP contribution in [0.4, 0.5) is 0 Å². The van der Waals surface area contributed by atoms with Gasteiger partial charge in [-0.2, -0.15) is 11.8 Å². The first-order valence-electron chi connectivity index (χ1n) is 1.34. The van der Waals surface area contributed by atoms with Crippen molar-refractivity contribution >= 4 is 16.8 Å². The second-order valence-corrected chi connectivity index (χ2v) is 1.72. The molecule has 0 rings (SSSR count). The number of thioether (sulfide) groups is 1. The van der Waals surface area contributed by atoms with Gasteiger partial charge in [0, 0.05) is 32.7 Å². The van der Waals surface area contributed by atoms with Gasteiger partial charge in [-0.25, -0.2) is 0 Å². The molecule has 0 aromatic rings. The van der Waals surface area contributed by atoms with Crippen LogP contribution in [0.1, 0.15) is 6.92 Å². The first kappa shape index (κ1) is 10.2. The molecule has 6 heavy (non-hydrogen) atoms. The van der Waals surface area contributed by atoms with Gasteiger partial charge >= 0.3 is 0 Å². The van der Waals surface area contributed by atoms with Crippen molar-refractivity contribution in [1.82, 2.24) is 0 Å². The molecular weight excluding hydrogens is 171 g/mol. The quantitative estimate of drug-likeness (QED) is 0.404. The summed E-state index contributed by atoms with van der Waals surface area (Å²) in [7, 11) is 0. The van der Waals surface area contributed by atoms with Crippen molar-refractivity contribution in [3.8, 4) is 0 Å². The molecule has 0 N–H and O–H groups in total. The van der Waals surface area contributed by atoms with E-state index in [1.165, 1.54) is 11.8 Å². The zero-order valence-corrected chi connectivity index (χ0v) is 7.59. The van der Waals surface area contributed by atoms with Crippen molar-refractivity contribution in [2.75, 3.05) is 6.26 Å². The van der Waals surface area contributed by atoms with Gasteiger partial charge in [0.25, 0.3) is 0 Å². The van der Waals surface area contributed by atoms with Crippen LogP contribution in [0.2, 0.25) is 0 Å². The van der Waals surface area contributed by atoms with Crippen LogP contribution in [0, 0.1) is 0 Å². The molecule has 0 atom stereocenters. The molecule has 3 heteroatoms. The van der Waals surface area contributed by atoms with Crippen LogP contribution >= 0.6 is 11.8 Å². The predicted octanol–water partition coefficient (Wildman–Crippen LogP) is 1.33. The normalized spacial score (nSPS) is 6.33. The summed E-state index contributed by atoms with van der Waals surface area (Å²) in [6.07, 6.45) is 1.83. The van der Waals surface area contributed by atoms with Crippen LogP contribution in [0.25, 0.3) is 5.41 Å². The van der Waals surface area contributed by atoms with Crippen molar-refractivity contribution in [1.29, 1.82) is 0 Å². The fourth-order valence-electron chi connectivity index (χ4n) is 0. The first-order chi connectivity index (χ1) is 2.27. The Morgan fingerprint density at radius 2 is 1.83 bits per heavy atom. The second kappa shape index (κ2) is 6.12. The van der Waals surface area contributed by atoms with E-state index in [2.05, 4.69) is 0 Å². The third-order valence-electron chi connectivity index (χ3n) is 0.295. The predicted molar refractivity (Wildman–Crippen MR) is 27.6 cm³/mol. The molecule has 0 amide bonds. The summed E-state index contributed by atoms with van der Waals surface area (Å²) in [4.78, 5) is 0. The second-order valence-electron chi connectivity index (χ2n) is 0.723. The molecule has 0 aliphatic heterocycles. The van der Waals surface area contributed by atoms with Gasteiger partial charge in [0.15, 0.2) is 0 Å². The monoisotopic (exact) mass is 177 g/mol. The molecule has 0 aromatic carbocycles. The van der Waals surface area contributed by atoms with Gasteiger partial charge in [-0.1, -0.05) is 6.92 Å². The maximum absolute atomic E-state index is 8.24. The molecule has 33 valence electrons. The maximum atomic E-state index is 8.24. The molecular formula is C3H6NSY-. The van der Waals surface area contributed by atoms with Crippen molar-refractivity contribution in [2.45, 2.75) is 6.92 Å². The Balaban J connectivity index is 0. The number of rotatable bonds is 0. The van der Waals surface area contributed by atoms with Gasteiger partial charge in [0.05, 0.1) is 0 Å². The van der Waals surface area contributed by atoms with Crippen LogP contribution < -0.4 is 0 Å². The van der Waals surface area contributed by atoms with E-state index in [9.17, 15) is 0 Å². The zero-order chi connectivity index (χ0) is 4.28. The maximum Gasteiger partial charge on any atom is 0 e. The SMILES string of the molecule is CSC(C)=[N-].[Y]. The molecule has 0 fully saturated rings. The standard InChI is InChI=1S/C3H6NS.Y/c1-3(4)5-2;/h1-2H3;/q-1;. The molecule has 0 heterocycles. The third kappa shape index (κ3) is 8.93. The summed E-state index contributed by atoms with van der Waals surface area (Å²) in [6.45, 7) is 1.66. The third-order valence-corrected chi connectivity index (χ3v) is 0.886. The van der Waals surface area contributed by atoms with Crippen LogP contribution in [0.3, 0.4) is 0 Å². The molecule has 0 aliphatic rings. The van der Waals surface area contributed by atoms with Gasteiger partial charge in [0.2, 0.25) is 0 Å². The number of nitrogens with zero attached hydrogens (tertiary/aromatic N) is 1. The van der Waals surface area contributed by atoms with E-state index in [0.29, 0.717) is 5.04 Å². The summed E-state index contributed by atoms with van der Waals surface area (Å²) in [5, 5.41) is 8.66. The largest absolute Gasteiger partial charge is 0.802 e. The van der Waals surface area contributed by atoms with Crippen molar-refractivity contribution in [2.24, 2.45) is 0 Å². The van der Waals surface area contributed by atoms with Crippen molar-refractivity contribution in [3.63, 3.8) is 0 Å². The van der Waals surface area contributed by atoms with Crippen LogP contribution in [0.15, 0.2) is 0 Å². The molecule has 0 unspecified atom stereocenters. The molecule has 0 aromatic heterocycles. The van der Waals surface area contributed by atoms with Crippen molar-refractivity contribution < 1.29 is 32.7 Å². The molecule has 0 saturated heterocycles. The molecule has 1 radical (unpaired) electrons. The Hall–Kier alpha value is 1.12. The summed E-state index contributed by atoms with van der Waals surface area (Å²) in [5.74, 6) is 0. The molecule has 0 spiro atoms. The summed E-state index contributed by atoms with van der Waals surface area (Å²) in [6, 6.07) is 0. The van der Waals surface area contributed by atoms with Gasteiger partial charge in [0.1, 0.15) is 0 Å². The van der Waals surface area contributed by atoms with Crippen molar-refractivity contribution in [3.05, 3.63) is 5.41 Å². The van der Waals surface area contributed by atoms with E-state index in [0.717, 1.165) is 0 Å². The number of hydrogen-bond acceptors (Lipinski definition) is 1. The van der Waals surface area contributed by atoms with Crippen LogP contribution in [0.5, 0.6) is 0 Å². The fraction of sp³-hybridized carbons (Fsp3) is 0.667. The zero-order valence-electron chi connectivity index (χ0n) is 3.93. The topological polar surface area (TPSA) is 22.3 Å². The average Bonchev–Trinajstić information content (AvgIpc) is 1.38.